The number of nitrogens with one attached hydrogen (secondary N) is 2. The topological polar surface area (TPSA) is 85.3 Å². The van der Waals surface area contributed by atoms with Crippen LogP contribution in [0, 0.1) is 0 Å². The van der Waals surface area contributed by atoms with E-state index in [0.717, 1.165) is 11.1 Å². The van der Waals surface area contributed by atoms with Gasteiger partial charge < -0.3 is 15.4 Å². The summed E-state index contributed by atoms with van der Waals surface area (Å²) in [5.41, 5.74) is 3.66. The van der Waals surface area contributed by atoms with E-state index in [1.165, 1.54) is 11.8 Å². The van der Waals surface area contributed by atoms with Gasteiger partial charge in [-0.3, -0.25) is 14.3 Å². The maximum atomic E-state index is 12.7. The minimum Gasteiger partial charge on any atom is -0.495 e. The van der Waals surface area contributed by atoms with Crippen molar-refractivity contribution >= 4 is 23.2 Å². The Bertz CT molecular complexity index is 1200. The summed E-state index contributed by atoms with van der Waals surface area (Å²) in [6.45, 7) is 0.0699. The van der Waals surface area contributed by atoms with Crippen molar-refractivity contribution in [3.8, 4) is 16.9 Å². The van der Waals surface area contributed by atoms with Crippen molar-refractivity contribution in [2.75, 3.05) is 17.7 Å². The maximum absolute atomic E-state index is 12.7. The summed E-state index contributed by atoms with van der Waals surface area (Å²) in [4.78, 5) is 25.1. The summed E-state index contributed by atoms with van der Waals surface area (Å²) in [6.07, 6.45) is 3.31. The fraction of sp³-hybridized carbons (Fsp3) is 0.0800. The van der Waals surface area contributed by atoms with Crippen LogP contribution in [0.3, 0.4) is 0 Å². The van der Waals surface area contributed by atoms with Crippen LogP contribution in [0.5, 0.6) is 5.75 Å². The third-order valence-corrected chi connectivity index (χ3v) is 4.85. The highest BCUT2D eigenvalue weighted by Crippen LogP contribution is 2.28. The van der Waals surface area contributed by atoms with E-state index < -0.39 is 0 Å². The molecule has 7 nitrogen and oxygen atoms in total. The van der Waals surface area contributed by atoms with E-state index in [2.05, 4.69) is 15.7 Å². The molecule has 4 rings (SSSR count). The molecule has 0 unspecified atom stereocenters. The minimum atomic E-state index is -0.257. The largest absolute Gasteiger partial charge is 0.495 e. The average molecular weight is 426 g/mol. The Kier molecular flexibility index (Phi) is 6.27. The molecule has 1 aromatic heterocycles. The van der Waals surface area contributed by atoms with Crippen LogP contribution in [0.15, 0.2) is 91.3 Å². The second-order valence-electron chi connectivity index (χ2n) is 7.06. The van der Waals surface area contributed by atoms with E-state index in [9.17, 15) is 9.59 Å². The van der Waals surface area contributed by atoms with Crippen LogP contribution in [-0.2, 0) is 11.3 Å². The highest BCUT2D eigenvalue weighted by molar-refractivity contribution is 6.05. The predicted octanol–water partition coefficient (Wildman–Crippen LogP) is 4.45. The number of hydrogen-bond acceptors (Lipinski definition) is 4. The predicted molar refractivity (Wildman–Crippen MR) is 124 cm³/mol. The van der Waals surface area contributed by atoms with E-state index in [0.29, 0.717) is 22.7 Å². The van der Waals surface area contributed by atoms with Gasteiger partial charge in [0.2, 0.25) is 5.91 Å². The van der Waals surface area contributed by atoms with E-state index in [1.54, 1.807) is 48.8 Å². The number of amides is 2. The number of hydrogen-bond donors (Lipinski definition) is 2. The second-order valence-corrected chi connectivity index (χ2v) is 7.06. The molecule has 0 aliphatic carbocycles. The zero-order chi connectivity index (χ0) is 22.3. The molecule has 0 atom stereocenters. The van der Waals surface area contributed by atoms with Crippen molar-refractivity contribution in [2.45, 2.75) is 6.54 Å². The number of ether oxygens (including phenoxy) is 1. The molecule has 0 saturated heterocycles. The number of benzene rings is 3. The lowest BCUT2D eigenvalue weighted by Crippen LogP contribution is -2.19. The lowest BCUT2D eigenvalue weighted by molar-refractivity contribution is -0.116. The quantitative estimate of drug-likeness (QED) is 0.457. The monoisotopic (exact) mass is 426 g/mol. The Balaban J connectivity index is 1.46. The standard InChI is InChI=1S/C25H22N4O3/c1-32-23-13-12-21(16-22(23)28-24(30)17-29-15-5-14-26-29)27-25(31)20-10-8-19(9-11-20)18-6-3-2-4-7-18/h2-16H,17H2,1H3,(H,27,31)(H,28,30). The molecule has 3 aromatic carbocycles. The van der Waals surface area contributed by atoms with Gasteiger partial charge in [-0.05, 0) is 47.5 Å². The maximum Gasteiger partial charge on any atom is 0.255 e. The summed E-state index contributed by atoms with van der Waals surface area (Å²) >= 11 is 0. The molecular weight excluding hydrogens is 404 g/mol. The molecule has 0 spiro atoms. The van der Waals surface area contributed by atoms with Crippen LogP contribution >= 0.6 is 0 Å². The zero-order valence-electron chi connectivity index (χ0n) is 17.5. The van der Waals surface area contributed by atoms with Crippen LogP contribution in [0.1, 0.15) is 10.4 Å². The van der Waals surface area contributed by atoms with Gasteiger partial charge in [0.1, 0.15) is 12.3 Å². The fourth-order valence-corrected chi connectivity index (χ4v) is 3.26. The van der Waals surface area contributed by atoms with Gasteiger partial charge in [0.25, 0.3) is 5.91 Å². The number of methoxy groups -OCH3 is 1. The first kappa shape index (κ1) is 20.9. The molecule has 7 heteroatoms. The smallest absolute Gasteiger partial charge is 0.255 e. The van der Waals surface area contributed by atoms with Crippen molar-refractivity contribution in [3.05, 3.63) is 96.8 Å². The highest BCUT2D eigenvalue weighted by atomic mass is 16.5. The van der Waals surface area contributed by atoms with Crippen molar-refractivity contribution in [2.24, 2.45) is 0 Å². The molecule has 0 bridgehead atoms. The van der Waals surface area contributed by atoms with Gasteiger partial charge in [-0.2, -0.15) is 5.10 Å². The number of aromatic nitrogens is 2. The lowest BCUT2D eigenvalue weighted by atomic mass is 10.0. The molecular formula is C25H22N4O3. The van der Waals surface area contributed by atoms with Crippen LogP contribution in [0.25, 0.3) is 11.1 Å². The van der Waals surface area contributed by atoms with E-state index in [1.807, 2.05) is 42.5 Å². The van der Waals surface area contributed by atoms with Crippen LogP contribution in [0.4, 0.5) is 11.4 Å². The van der Waals surface area contributed by atoms with Crippen LogP contribution in [0.2, 0.25) is 0 Å². The van der Waals surface area contributed by atoms with Crippen LogP contribution < -0.4 is 15.4 Å². The van der Waals surface area contributed by atoms with Gasteiger partial charge >= 0.3 is 0 Å². The zero-order valence-corrected chi connectivity index (χ0v) is 17.5. The first-order chi connectivity index (χ1) is 15.6. The highest BCUT2D eigenvalue weighted by Gasteiger charge is 2.12. The van der Waals surface area contributed by atoms with Crippen molar-refractivity contribution in [1.82, 2.24) is 9.78 Å². The molecule has 1 heterocycles. The van der Waals surface area contributed by atoms with Crippen molar-refractivity contribution in [3.63, 3.8) is 0 Å². The Morgan fingerprint density at radius 3 is 2.34 bits per heavy atom. The summed E-state index contributed by atoms with van der Waals surface area (Å²) in [7, 11) is 1.52. The van der Waals surface area contributed by atoms with E-state index in [4.69, 9.17) is 4.74 Å². The fourth-order valence-electron chi connectivity index (χ4n) is 3.26. The van der Waals surface area contributed by atoms with Gasteiger partial charge in [-0.15, -0.1) is 0 Å². The SMILES string of the molecule is COc1ccc(NC(=O)c2ccc(-c3ccccc3)cc2)cc1NC(=O)Cn1cccn1. The van der Waals surface area contributed by atoms with Gasteiger partial charge in [-0.1, -0.05) is 42.5 Å². The number of carbonyl (C=O) groups excluding carboxylic acids is 2. The van der Waals surface area contributed by atoms with Gasteiger partial charge in [-0.25, -0.2) is 0 Å². The number of anilines is 2. The molecule has 0 saturated carbocycles. The molecule has 2 amide bonds. The molecule has 4 aromatic rings. The molecule has 160 valence electrons. The first-order valence-corrected chi connectivity index (χ1v) is 10.0. The summed E-state index contributed by atoms with van der Waals surface area (Å²) < 4.78 is 6.85. The molecule has 0 radical (unpaired) electrons. The first-order valence-electron chi connectivity index (χ1n) is 10.0. The van der Waals surface area contributed by atoms with Crippen molar-refractivity contribution in [1.29, 1.82) is 0 Å². The van der Waals surface area contributed by atoms with Gasteiger partial charge in [0.05, 0.1) is 12.8 Å². The Morgan fingerprint density at radius 2 is 1.66 bits per heavy atom. The normalized spacial score (nSPS) is 10.4. The number of rotatable bonds is 7. The molecule has 0 aliphatic heterocycles. The van der Waals surface area contributed by atoms with E-state index >= 15 is 0 Å². The summed E-state index contributed by atoms with van der Waals surface area (Å²) in [5, 5.41) is 9.69. The summed E-state index contributed by atoms with van der Waals surface area (Å²) in [5.74, 6) is -0.0143. The average Bonchev–Trinajstić information content (AvgIpc) is 3.33. The summed E-state index contributed by atoms with van der Waals surface area (Å²) in [6, 6.07) is 24.2. The van der Waals surface area contributed by atoms with Crippen molar-refractivity contribution < 1.29 is 14.3 Å². The number of nitrogens with zero attached hydrogens (tertiary/aromatic N) is 2. The minimum absolute atomic E-state index is 0.0699. The Hall–Kier alpha value is -4.39. The Morgan fingerprint density at radius 1 is 0.906 bits per heavy atom. The van der Waals surface area contributed by atoms with Gasteiger partial charge in [0.15, 0.2) is 0 Å². The molecule has 0 aliphatic rings. The second kappa shape index (κ2) is 9.61. The van der Waals surface area contributed by atoms with E-state index in [-0.39, 0.29) is 18.4 Å². The lowest BCUT2D eigenvalue weighted by Gasteiger charge is -2.13. The third-order valence-electron chi connectivity index (χ3n) is 4.85. The molecule has 2 N–H and O–H groups in total. The number of carbonyl (C=O) groups is 2. The Labute approximate surface area is 185 Å². The third kappa shape index (κ3) is 5.02. The van der Waals surface area contributed by atoms with Gasteiger partial charge in [0, 0.05) is 23.6 Å². The molecule has 0 fully saturated rings. The van der Waals surface area contributed by atoms with Crippen LogP contribution in [-0.4, -0.2) is 28.7 Å². The molecule has 32 heavy (non-hydrogen) atoms.